The van der Waals surface area contributed by atoms with E-state index < -0.39 is 0 Å². The third-order valence-corrected chi connectivity index (χ3v) is 2.09. The number of carbonyl (C=O) groups is 1. The largest absolute Gasteiger partial charge is 0.340 e. The molecule has 0 unspecified atom stereocenters. The zero-order chi connectivity index (χ0) is 9.72. The predicted molar refractivity (Wildman–Crippen MR) is 51.1 cm³/mol. The van der Waals surface area contributed by atoms with Crippen LogP contribution in [-0.4, -0.2) is 48.9 Å². The van der Waals surface area contributed by atoms with Crippen LogP contribution in [-0.2, 0) is 4.79 Å². The summed E-state index contributed by atoms with van der Waals surface area (Å²) in [4.78, 5) is 14.8. The molecule has 12 heavy (non-hydrogen) atoms. The van der Waals surface area contributed by atoms with E-state index in [0.717, 1.165) is 13.1 Å². The van der Waals surface area contributed by atoms with Crippen molar-refractivity contribution < 1.29 is 4.79 Å². The highest BCUT2D eigenvalue weighted by molar-refractivity contribution is 5.73. The van der Waals surface area contributed by atoms with Crippen LogP contribution in [0.15, 0.2) is 0 Å². The molecular weight excluding hydrogens is 152 g/mol. The average molecular weight is 172 g/mol. The second kappa shape index (κ2) is 5.14. The summed E-state index contributed by atoms with van der Waals surface area (Å²) >= 11 is 0. The molecule has 0 aromatic heterocycles. The van der Waals surface area contributed by atoms with Gasteiger partial charge in [0.1, 0.15) is 0 Å². The Kier molecular flexibility index (Phi) is 4.90. The van der Waals surface area contributed by atoms with Gasteiger partial charge in [-0.15, -0.1) is 0 Å². The molecule has 0 saturated carbocycles. The van der Waals surface area contributed by atoms with Gasteiger partial charge in [-0.25, -0.2) is 0 Å². The Morgan fingerprint density at radius 2 is 1.83 bits per heavy atom. The van der Waals surface area contributed by atoms with Gasteiger partial charge < -0.3 is 9.80 Å². The molecule has 0 aromatic rings. The van der Waals surface area contributed by atoms with E-state index in [1.807, 2.05) is 20.9 Å². The van der Waals surface area contributed by atoms with Crippen molar-refractivity contribution >= 4 is 5.91 Å². The van der Waals surface area contributed by atoms with E-state index in [1.54, 1.807) is 11.8 Å². The topological polar surface area (TPSA) is 23.6 Å². The molecular formula is C9H20N2O. The van der Waals surface area contributed by atoms with Crippen molar-refractivity contribution in [3.63, 3.8) is 0 Å². The maximum atomic E-state index is 10.8. The number of likely N-dealkylation sites (tertiary alicyclic amines) is 1. The Morgan fingerprint density at radius 1 is 1.42 bits per heavy atom. The number of rotatable bonds is 1. The summed E-state index contributed by atoms with van der Waals surface area (Å²) in [5, 5.41) is 0. The fourth-order valence-corrected chi connectivity index (χ4v) is 1.17. The van der Waals surface area contributed by atoms with Gasteiger partial charge in [0.15, 0.2) is 0 Å². The normalized spacial score (nSPS) is 17.4. The third kappa shape index (κ3) is 2.81. The molecule has 1 aliphatic rings. The van der Waals surface area contributed by atoms with E-state index in [4.69, 9.17) is 0 Å². The van der Waals surface area contributed by atoms with E-state index in [9.17, 15) is 4.79 Å². The number of amides is 1. The van der Waals surface area contributed by atoms with E-state index in [0.29, 0.717) is 6.04 Å². The lowest BCUT2D eigenvalue weighted by Crippen LogP contribution is -2.57. The van der Waals surface area contributed by atoms with Crippen molar-refractivity contribution in [1.82, 2.24) is 9.80 Å². The summed E-state index contributed by atoms with van der Waals surface area (Å²) in [5.41, 5.74) is 0. The highest BCUT2D eigenvalue weighted by Gasteiger charge is 2.27. The molecule has 0 aromatic carbocycles. The van der Waals surface area contributed by atoms with Gasteiger partial charge in [0.05, 0.1) is 6.04 Å². The first kappa shape index (κ1) is 11.4. The van der Waals surface area contributed by atoms with Crippen LogP contribution in [0.4, 0.5) is 0 Å². The van der Waals surface area contributed by atoms with Crippen molar-refractivity contribution in [2.45, 2.75) is 26.8 Å². The first-order valence-corrected chi connectivity index (χ1v) is 4.53. The molecule has 1 rings (SSSR count). The number of likely N-dealkylation sites (N-methyl/N-ethyl adjacent to an activating group) is 2. The van der Waals surface area contributed by atoms with Gasteiger partial charge in [0.2, 0.25) is 5.91 Å². The van der Waals surface area contributed by atoms with E-state index in [-0.39, 0.29) is 5.91 Å². The van der Waals surface area contributed by atoms with Gasteiger partial charge in [0.25, 0.3) is 0 Å². The standard InChI is InChI=1S/C7H14N2O.C2H6/c1-6(10)9(3)7-4-8(2)5-7;1-2/h7H,4-5H2,1-3H3;1-2H3. The monoisotopic (exact) mass is 172 g/mol. The highest BCUT2D eigenvalue weighted by atomic mass is 16.2. The van der Waals surface area contributed by atoms with Crippen molar-refractivity contribution in [2.24, 2.45) is 0 Å². The quantitative estimate of drug-likeness (QED) is 0.584. The summed E-state index contributed by atoms with van der Waals surface area (Å²) in [6, 6.07) is 0.461. The van der Waals surface area contributed by atoms with Gasteiger partial charge in [-0.2, -0.15) is 0 Å². The molecule has 3 nitrogen and oxygen atoms in total. The zero-order valence-corrected chi connectivity index (χ0v) is 8.79. The Bertz CT molecular complexity index is 141. The molecule has 1 saturated heterocycles. The van der Waals surface area contributed by atoms with Crippen LogP contribution in [0.2, 0.25) is 0 Å². The fourth-order valence-electron chi connectivity index (χ4n) is 1.17. The summed E-state index contributed by atoms with van der Waals surface area (Å²) in [6.45, 7) is 7.66. The van der Waals surface area contributed by atoms with Crippen molar-refractivity contribution in [3.8, 4) is 0 Å². The molecule has 1 heterocycles. The minimum atomic E-state index is 0.165. The van der Waals surface area contributed by atoms with E-state index in [2.05, 4.69) is 11.9 Å². The molecule has 0 atom stereocenters. The predicted octanol–water partition coefficient (Wildman–Crippen LogP) is 0.805. The number of hydrogen-bond donors (Lipinski definition) is 0. The first-order valence-electron chi connectivity index (χ1n) is 4.53. The molecule has 0 radical (unpaired) electrons. The maximum Gasteiger partial charge on any atom is 0.219 e. The molecule has 3 heteroatoms. The molecule has 72 valence electrons. The van der Waals surface area contributed by atoms with Gasteiger partial charge >= 0.3 is 0 Å². The average Bonchev–Trinajstić information content (AvgIpc) is 2.01. The number of nitrogens with zero attached hydrogens (tertiary/aromatic N) is 2. The lowest BCUT2D eigenvalue weighted by molar-refractivity contribution is -0.132. The molecule has 0 aliphatic carbocycles. The fraction of sp³-hybridized carbons (Fsp3) is 0.889. The van der Waals surface area contributed by atoms with Crippen LogP contribution in [0.25, 0.3) is 0 Å². The number of carbonyl (C=O) groups excluding carboxylic acids is 1. The minimum absolute atomic E-state index is 0.165. The van der Waals surface area contributed by atoms with E-state index >= 15 is 0 Å². The molecule has 1 aliphatic heterocycles. The Balaban J connectivity index is 0.000000561. The first-order chi connectivity index (χ1) is 5.61. The lowest BCUT2D eigenvalue weighted by Gasteiger charge is -2.41. The van der Waals surface area contributed by atoms with Crippen LogP contribution in [0, 0.1) is 0 Å². The second-order valence-corrected chi connectivity index (χ2v) is 3.00. The van der Waals surface area contributed by atoms with Gasteiger partial charge in [-0.05, 0) is 7.05 Å². The molecule has 1 fully saturated rings. The Hall–Kier alpha value is -0.570. The molecule has 0 bridgehead atoms. The Morgan fingerprint density at radius 3 is 2.08 bits per heavy atom. The second-order valence-electron chi connectivity index (χ2n) is 3.00. The van der Waals surface area contributed by atoms with Crippen LogP contribution >= 0.6 is 0 Å². The third-order valence-electron chi connectivity index (χ3n) is 2.09. The van der Waals surface area contributed by atoms with Gasteiger partial charge in [0, 0.05) is 27.1 Å². The van der Waals surface area contributed by atoms with Crippen molar-refractivity contribution in [1.29, 1.82) is 0 Å². The van der Waals surface area contributed by atoms with Crippen LogP contribution in [0.3, 0.4) is 0 Å². The van der Waals surface area contributed by atoms with E-state index in [1.165, 1.54) is 0 Å². The number of hydrogen-bond acceptors (Lipinski definition) is 2. The lowest BCUT2D eigenvalue weighted by atomic mass is 10.1. The van der Waals surface area contributed by atoms with Crippen LogP contribution in [0.1, 0.15) is 20.8 Å². The van der Waals surface area contributed by atoms with Crippen LogP contribution < -0.4 is 0 Å². The molecule has 1 amide bonds. The molecule has 0 N–H and O–H groups in total. The van der Waals surface area contributed by atoms with Crippen LogP contribution in [0.5, 0.6) is 0 Å². The van der Waals surface area contributed by atoms with Gasteiger partial charge in [-0.3, -0.25) is 4.79 Å². The smallest absolute Gasteiger partial charge is 0.219 e. The van der Waals surface area contributed by atoms with Crippen molar-refractivity contribution in [2.75, 3.05) is 27.2 Å². The molecule has 0 spiro atoms. The van der Waals surface area contributed by atoms with Gasteiger partial charge in [-0.1, -0.05) is 13.8 Å². The maximum absolute atomic E-state index is 10.8. The minimum Gasteiger partial charge on any atom is -0.340 e. The SMILES string of the molecule is CC.CC(=O)N(C)C1CN(C)C1. The summed E-state index contributed by atoms with van der Waals surface area (Å²) in [5.74, 6) is 0.165. The Labute approximate surface area is 75.3 Å². The van der Waals surface area contributed by atoms with Crippen molar-refractivity contribution in [3.05, 3.63) is 0 Å². The summed E-state index contributed by atoms with van der Waals surface area (Å²) < 4.78 is 0. The highest BCUT2D eigenvalue weighted by Crippen LogP contribution is 2.10. The summed E-state index contributed by atoms with van der Waals surface area (Å²) in [6.07, 6.45) is 0. The zero-order valence-electron chi connectivity index (χ0n) is 8.79. The summed E-state index contributed by atoms with van der Waals surface area (Å²) in [7, 11) is 3.92.